The first kappa shape index (κ1) is 22.4. The molecule has 2 amide bonds. The maximum Gasteiger partial charge on any atom is 0.255 e. The minimum atomic E-state index is -0.660. The molecule has 33 heavy (non-hydrogen) atoms. The van der Waals surface area contributed by atoms with Gasteiger partial charge >= 0.3 is 0 Å². The molecule has 0 atom stereocenters. The van der Waals surface area contributed by atoms with Crippen molar-refractivity contribution in [2.45, 2.75) is 24.8 Å². The number of halogens is 1. The number of likely N-dealkylation sites (tertiary alicyclic amines) is 1. The van der Waals surface area contributed by atoms with E-state index in [4.69, 9.17) is 17.3 Å². The van der Waals surface area contributed by atoms with Crippen LogP contribution in [0.15, 0.2) is 60.8 Å². The van der Waals surface area contributed by atoms with E-state index in [0.717, 1.165) is 5.69 Å². The summed E-state index contributed by atoms with van der Waals surface area (Å²) in [6.07, 6.45) is 2.78. The summed E-state index contributed by atoms with van der Waals surface area (Å²) in [5.41, 5.74) is 6.41. The van der Waals surface area contributed by atoms with Crippen molar-refractivity contribution in [2.75, 3.05) is 18.4 Å². The Balaban J connectivity index is 1.59. The fourth-order valence-corrected chi connectivity index (χ4v) is 4.33. The van der Waals surface area contributed by atoms with Crippen LogP contribution in [-0.2, 0) is 5.54 Å². The Kier molecular flexibility index (Phi) is 6.33. The number of carbonyl (C=O) groups excluding carboxylic acids is 2. The number of nitrogens with zero attached hydrogens (tertiary/aromatic N) is 4. The number of nitrogens with one attached hydrogen (secondary N) is 1. The summed E-state index contributed by atoms with van der Waals surface area (Å²) in [5.74, 6) is -0.422. The second-order valence-electron chi connectivity index (χ2n) is 8.02. The Morgan fingerprint density at radius 3 is 2.39 bits per heavy atom. The Morgan fingerprint density at radius 2 is 1.76 bits per heavy atom. The number of nitrogens with two attached hydrogens (primary N) is 1. The summed E-state index contributed by atoms with van der Waals surface area (Å²) in [6, 6.07) is 18.5. The van der Waals surface area contributed by atoms with E-state index in [1.807, 2.05) is 30.3 Å². The van der Waals surface area contributed by atoms with Crippen molar-refractivity contribution in [2.24, 2.45) is 5.73 Å². The highest BCUT2D eigenvalue weighted by molar-refractivity contribution is 6.33. The van der Waals surface area contributed by atoms with Crippen molar-refractivity contribution in [3.05, 3.63) is 76.9 Å². The van der Waals surface area contributed by atoms with Crippen molar-refractivity contribution in [3.8, 4) is 6.07 Å². The lowest BCUT2D eigenvalue weighted by atomic mass is 9.84. The molecule has 1 fully saturated rings. The van der Waals surface area contributed by atoms with Crippen LogP contribution in [0.5, 0.6) is 0 Å². The van der Waals surface area contributed by atoms with E-state index in [9.17, 15) is 14.9 Å². The van der Waals surface area contributed by atoms with Crippen molar-refractivity contribution >= 4 is 34.9 Å². The minimum absolute atomic E-state index is 0.143. The minimum Gasteiger partial charge on any atom is -0.365 e. The third-order valence-corrected chi connectivity index (χ3v) is 6.33. The van der Waals surface area contributed by atoms with E-state index in [2.05, 4.69) is 16.5 Å². The van der Waals surface area contributed by atoms with Gasteiger partial charge in [-0.2, -0.15) is 10.4 Å². The Morgan fingerprint density at radius 1 is 1.09 bits per heavy atom. The van der Waals surface area contributed by atoms with Gasteiger partial charge in [-0.15, -0.1) is 0 Å². The smallest absolute Gasteiger partial charge is 0.255 e. The number of amides is 2. The van der Waals surface area contributed by atoms with Crippen LogP contribution in [0.4, 0.5) is 11.5 Å². The van der Waals surface area contributed by atoms with Crippen LogP contribution in [0.25, 0.3) is 0 Å². The van der Waals surface area contributed by atoms with Crippen LogP contribution in [0.2, 0.25) is 5.02 Å². The molecule has 3 N–H and O–H groups in total. The van der Waals surface area contributed by atoms with Gasteiger partial charge in [-0.1, -0.05) is 41.9 Å². The number of carbonyl (C=O) groups is 2. The van der Waals surface area contributed by atoms with Gasteiger partial charge < -0.3 is 16.0 Å². The molecule has 9 heteroatoms. The summed E-state index contributed by atoms with van der Waals surface area (Å²) in [7, 11) is 0. The van der Waals surface area contributed by atoms with E-state index in [0.29, 0.717) is 42.3 Å². The van der Waals surface area contributed by atoms with Gasteiger partial charge in [0.05, 0.1) is 28.6 Å². The Hall–Kier alpha value is -3.83. The lowest BCUT2D eigenvalue weighted by molar-refractivity contribution is 0.0579. The number of nitriles is 1. The summed E-state index contributed by atoms with van der Waals surface area (Å²) >= 11 is 6.20. The first-order valence-electron chi connectivity index (χ1n) is 10.6. The monoisotopic (exact) mass is 462 g/mol. The van der Waals surface area contributed by atoms with Crippen molar-refractivity contribution in [1.82, 2.24) is 14.7 Å². The van der Waals surface area contributed by atoms with Gasteiger partial charge in [0, 0.05) is 25.0 Å². The van der Waals surface area contributed by atoms with Gasteiger partial charge in [0.1, 0.15) is 5.56 Å². The van der Waals surface area contributed by atoms with Gasteiger partial charge in [-0.05, 0) is 37.1 Å². The first-order chi connectivity index (χ1) is 15.9. The third-order valence-electron chi connectivity index (χ3n) is 6.00. The van der Waals surface area contributed by atoms with E-state index in [-0.39, 0.29) is 17.9 Å². The molecule has 0 unspecified atom stereocenters. The molecule has 0 saturated carbocycles. The predicted octanol–water partition coefficient (Wildman–Crippen LogP) is 3.92. The molecule has 0 radical (unpaired) electrons. The molecule has 0 spiro atoms. The number of para-hydroxylation sites is 1. The number of benzene rings is 2. The Labute approximate surface area is 196 Å². The highest BCUT2D eigenvalue weighted by Crippen LogP contribution is 2.35. The van der Waals surface area contributed by atoms with Crippen molar-refractivity contribution in [3.63, 3.8) is 0 Å². The number of anilines is 2. The topological polar surface area (TPSA) is 117 Å². The van der Waals surface area contributed by atoms with Crippen LogP contribution in [0.3, 0.4) is 0 Å². The molecule has 0 bridgehead atoms. The van der Waals surface area contributed by atoms with Crippen LogP contribution < -0.4 is 11.1 Å². The number of rotatable bonds is 6. The summed E-state index contributed by atoms with van der Waals surface area (Å²) < 4.78 is 1.67. The van der Waals surface area contributed by atoms with Gasteiger partial charge in [-0.25, -0.2) is 0 Å². The van der Waals surface area contributed by atoms with Crippen LogP contribution in [-0.4, -0.2) is 39.6 Å². The number of hydrogen-bond acceptors (Lipinski definition) is 5. The normalized spacial score (nSPS) is 15.0. The predicted molar refractivity (Wildman–Crippen MR) is 125 cm³/mol. The maximum absolute atomic E-state index is 13.0. The third kappa shape index (κ3) is 4.54. The number of primary amides is 1. The average molecular weight is 463 g/mol. The molecule has 1 aliphatic rings. The SMILES string of the molecule is N#CCC1(n2cc(C(N)=O)c(Nc3ccccc3)n2)CCN(C(=O)c2ccccc2Cl)CC1. The zero-order valence-corrected chi connectivity index (χ0v) is 18.6. The summed E-state index contributed by atoms with van der Waals surface area (Å²) in [6.45, 7) is 0.859. The van der Waals surface area contributed by atoms with Gasteiger partial charge in [-0.3, -0.25) is 14.3 Å². The molecule has 8 nitrogen and oxygen atoms in total. The molecule has 3 aromatic rings. The van der Waals surface area contributed by atoms with E-state index in [1.165, 1.54) is 0 Å². The van der Waals surface area contributed by atoms with Crippen molar-refractivity contribution in [1.29, 1.82) is 5.26 Å². The largest absolute Gasteiger partial charge is 0.365 e. The van der Waals surface area contributed by atoms with Crippen LogP contribution >= 0.6 is 11.6 Å². The fourth-order valence-electron chi connectivity index (χ4n) is 4.11. The molecule has 168 valence electrons. The molecular formula is C24H23ClN6O2. The van der Waals surface area contributed by atoms with Gasteiger partial charge in [0.25, 0.3) is 11.8 Å². The standard InChI is InChI=1S/C24H23ClN6O2/c25-20-9-5-4-8-18(20)23(33)30-14-11-24(10-13-26,12-15-30)31-16-19(21(27)32)22(29-31)28-17-6-2-1-3-7-17/h1-9,16H,10-12,14-15H2,(H2,27,32)(H,28,29). The highest BCUT2D eigenvalue weighted by atomic mass is 35.5. The van der Waals surface area contributed by atoms with E-state index < -0.39 is 11.4 Å². The van der Waals surface area contributed by atoms with Crippen LogP contribution in [0.1, 0.15) is 40.0 Å². The fraction of sp³-hybridized carbons (Fsp3) is 0.250. The molecular weight excluding hydrogens is 440 g/mol. The second kappa shape index (κ2) is 9.35. The maximum atomic E-state index is 13.0. The highest BCUT2D eigenvalue weighted by Gasteiger charge is 2.39. The van der Waals surface area contributed by atoms with Crippen LogP contribution in [0, 0.1) is 11.3 Å². The lowest BCUT2D eigenvalue weighted by Gasteiger charge is -2.40. The molecule has 1 saturated heterocycles. The molecule has 2 heterocycles. The van der Waals surface area contributed by atoms with Crippen molar-refractivity contribution < 1.29 is 9.59 Å². The molecule has 2 aromatic carbocycles. The summed E-state index contributed by atoms with van der Waals surface area (Å²) in [4.78, 5) is 26.8. The quantitative estimate of drug-likeness (QED) is 0.575. The molecule has 1 aromatic heterocycles. The van der Waals surface area contributed by atoms with E-state index >= 15 is 0 Å². The van der Waals surface area contributed by atoms with Gasteiger partial charge in [0.2, 0.25) is 0 Å². The molecule has 1 aliphatic heterocycles. The zero-order valence-electron chi connectivity index (χ0n) is 17.9. The summed E-state index contributed by atoms with van der Waals surface area (Å²) in [5, 5.41) is 17.7. The average Bonchev–Trinajstić information content (AvgIpc) is 3.25. The molecule has 4 rings (SSSR count). The second-order valence-corrected chi connectivity index (χ2v) is 8.43. The van der Waals surface area contributed by atoms with Gasteiger partial charge in [0.15, 0.2) is 5.82 Å². The molecule has 0 aliphatic carbocycles. The zero-order chi connectivity index (χ0) is 23.4. The van der Waals surface area contributed by atoms with E-state index in [1.54, 1.807) is 40.0 Å². The number of hydrogen-bond donors (Lipinski definition) is 2. The number of aromatic nitrogens is 2. The lowest BCUT2D eigenvalue weighted by Crippen LogP contribution is -2.48. The Bertz CT molecular complexity index is 1210. The number of piperidine rings is 1. The first-order valence-corrected chi connectivity index (χ1v) is 10.9.